The van der Waals surface area contributed by atoms with Crippen molar-refractivity contribution >= 4 is 22.7 Å². The van der Waals surface area contributed by atoms with Gasteiger partial charge in [-0.15, -0.1) is 0 Å². The predicted molar refractivity (Wildman–Crippen MR) is 124 cm³/mol. The Bertz CT molecular complexity index is 1320. The Balaban J connectivity index is 1.80. The van der Waals surface area contributed by atoms with E-state index in [0.717, 1.165) is 22.2 Å². The number of nitrogens with two attached hydrogens (primary N) is 1. The summed E-state index contributed by atoms with van der Waals surface area (Å²) < 4.78 is 5.19. The number of fused-ring (bicyclic) bond motifs is 1. The molecule has 162 valence electrons. The average molecular weight is 428 g/mol. The van der Waals surface area contributed by atoms with Crippen LogP contribution >= 0.6 is 0 Å². The van der Waals surface area contributed by atoms with Crippen LogP contribution in [0.1, 0.15) is 45.8 Å². The van der Waals surface area contributed by atoms with Crippen molar-refractivity contribution < 1.29 is 9.53 Å². The minimum atomic E-state index is -0.543. The molecule has 7 nitrogen and oxygen atoms in total. The number of nitrogens with zero attached hydrogens (tertiary/aromatic N) is 4. The highest BCUT2D eigenvalue weighted by molar-refractivity contribution is 6.00. The highest BCUT2D eigenvalue weighted by Crippen LogP contribution is 2.27. The third kappa shape index (κ3) is 4.14. The van der Waals surface area contributed by atoms with Crippen LogP contribution in [0.5, 0.6) is 0 Å². The van der Waals surface area contributed by atoms with Crippen LogP contribution in [0.2, 0.25) is 0 Å². The van der Waals surface area contributed by atoms with Gasteiger partial charge in [0.05, 0.1) is 24.2 Å². The molecule has 2 heterocycles. The molecular weight excluding hydrogens is 402 g/mol. The summed E-state index contributed by atoms with van der Waals surface area (Å²) >= 11 is 0. The Morgan fingerprint density at radius 3 is 2.34 bits per heavy atom. The third-order valence-electron chi connectivity index (χ3n) is 5.37. The Labute approximate surface area is 186 Å². The number of carbonyl (C=O) groups is 1. The van der Waals surface area contributed by atoms with E-state index in [4.69, 9.17) is 15.5 Å². The zero-order valence-electron chi connectivity index (χ0n) is 18.6. The number of nitrogen functional groups attached to an aromatic ring is 1. The molecule has 32 heavy (non-hydrogen) atoms. The number of aryl methyl sites for hydroxylation is 3. The van der Waals surface area contributed by atoms with Gasteiger partial charge in [0.15, 0.2) is 0 Å². The van der Waals surface area contributed by atoms with Crippen molar-refractivity contribution in [1.29, 1.82) is 0 Å². The fraction of sp³-hybridized carbons (Fsp3) is 0.240. The molecule has 0 saturated heterocycles. The summed E-state index contributed by atoms with van der Waals surface area (Å²) in [5, 5.41) is 1.03. The molecule has 4 aromatic rings. The topological polar surface area (TPSA) is 104 Å². The number of esters is 1. The van der Waals surface area contributed by atoms with Crippen LogP contribution < -0.4 is 5.73 Å². The highest BCUT2D eigenvalue weighted by Gasteiger charge is 2.22. The van der Waals surface area contributed by atoms with Gasteiger partial charge in [-0.05, 0) is 51.0 Å². The van der Waals surface area contributed by atoms with Crippen molar-refractivity contribution in [2.24, 2.45) is 0 Å². The van der Waals surface area contributed by atoms with Crippen LogP contribution in [-0.4, -0.2) is 32.5 Å². The summed E-state index contributed by atoms with van der Waals surface area (Å²) in [4.78, 5) is 31.0. The molecule has 2 aromatic heterocycles. The van der Waals surface area contributed by atoms with Crippen molar-refractivity contribution in [2.75, 3.05) is 12.3 Å². The zero-order chi connectivity index (χ0) is 22.8. The van der Waals surface area contributed by atoms with E-state index >= 15 is 0 Å². The van der Waals surface area contributed by atoms with E-state index in [-0.39, 0.29) is 24.4 Å². The van der Waals surface area contributed by atoms with Crippen LogP contribution in [0.25, 0.3) is 22.2 Å². The van der Waals surface area contributed by atoms with Crippen LogP contribution in [0.4, 0.5) is 5.82 Å². The zero-order valence-corrected chi connectivity index (χ0v) is 18.6. The molecule has 2 N–H and O–H groups in total. The lowest BCUT2D eigenvalue weighted by atomic mass is 10.1. The van der Waals surface area contributed by atoms with Crippen molar-refractivity contribution in [3.05, 3.63) is 76.5 Å². The van der Waals surface area contributed by atoms with Gasteiger partial charge in [0, 0.05) is 16.6 Å². The van der Waals surface area contributed by atoms with Crippen LogP contribution in [0, 0.1) is 20.8 Å². The Morgan fingerprint density at radius 2 is 1.62 bits per heavy atom. The van der Waals surface area contributed by atoms with Crippen LogP contribution in [0.3, 0.4) is 0 Å². The lowest BCUT2D eigenvalue weighted by molar-refractivity contribution is 0.0527. The molecule has 0 aliphatic heterocycles. The number of aromatic nitrogens is 4. The molecule has 2 aromatic carbocycles. The van der Waals surface area contributed by atoms with Crippen LogP contribution in [0.15, 0.2) is 42.5 Å². The monoisotopic (exact) mass is 427 g/mol. The molecule has 4 rings (SSSR count). The number of anilines is 1. The van der Waals surface area contributed by atoms with Gasteiger partial charge in [-0.3, -0.25) is 0 Å². The molecule has 7 heteroatoms. The second-order valence-corrected chi connectivity index (χ2v) is 7.69. The lowest BCUT2D eigenvalue weighted by Crippen LogP contribution is -2.15. The first-order chi connectivity index (χ1) is 15.4. The maximum Gasteiger partial charge on any atom is 0.344 e. The standard InChI is InChI=1S/C25H25N5O2/c1-5-32-25(31)22-23(17-9-7-6-8-10-17)29-21(30-24(22)26)13-20-27-16(4)18-11-14(2)15(3)12-19(18)28-20/h6-12H,5,13H2,1-4H3,(H2,26,29,30). The van der Waals surface area contributed by atoms with Gasteiger partial charge >= 0.3 is 5.97 Å². The molecule has 0 unspecified atom stereocenters. The highest BCUT2D eigenvalue weighted by atomic mass is 16.5. The summed E-state index contributed by atoms with van der Waals surface area (Å²) in [6.07, 6.45) is 0.289. The number of hydrogen-bond donors (Lipinski definition) is 1. The summed E-state index contributed by atoms with van der Waals surface area (Å²) in [6, 6.07) is 13.6. The SMILES string of the molecule is CCOC(=O)c1c(N)nc(Cc2nc(C)c3cc(C)c(C)cc3n2)nc1-c1ccccc1. The van der Waals surface area contributed by atoms with E-state index in [1.165, 1.54) is 11.1 Å². The maximum atomic E-state index is 12.6. The molecule has 0 fully saturated rings. The fourth-order valence-corrected chi connectivity index (χ4v) is 3.64. The third-order valence-corrected chi connectivity index (χ3v) is 5.37. The first kappa shape index (κ1) is 21.4. The second kappa shape index (κ2) is 8.70. The number of carbonyl (C=O) groups excluding carboxylic acids is 1. The molecule has 0 radical (unpaired) electrons. The Morgan fingerprint density at radius 1 is 0.938 bits per heavy atom. The molecule has 0 bridgehead atoms. The van der Waals surface area contributed by atoms with Crippen molar-refractivity contribution in [1.82, 2.24) is 19.9 Å². The van der Waals surface area contributed by atoms with E-state index in [9.17, 15) is 4.79 Å². The van der Waals surface area contributed by atoms with Gasteiger partial charge in [-0.2, -0.15) is 0 Å². The number of rotatable bonds is 5. The van der Waals surface area contributed by atoms with Crippen molar-refractivity contribution in [3.63, 3.8) is 0 Å². The fourth-order valence-electron chi connectivity index (χ4n) is 3.64. The molecule has 0 saturated carbocycles. The predicted octanol–water partition coefficient (Wildman–Crippen LogP) is 4.36. The Kier molecular flexibility index (Phi) is 5.81. The van der Waals surface area contributed by atoms with Gasteiger partial charge in [0.1, 0.15) is 23.0 Å². The van der Waals surface area contributed by atoms with Gasteiger partial charge < -0.3 is 10.5 Å². The van der Waals surface area contributed by atoms with E-state index in [1.54, 1.807) is 6.92 Å². The first-order valence-corrected chi connectivity index (χ1v) is 10.5. The minimum Gasteiger partial charge on any atom is -0.462 e. The second-order valence-electron chi connectivity index (χ2n) is 7.69. The summed E-state index contributed by atoms with van der Waals surface area (Å²) in [6.45, 7) is 8.09. The Hall–Kier alpha value is -3.87. The van der Waals surface area contributed by atoms with E-state index in [0.29, 0.717) is 17.3 Å². The van der Waals surface area contributed by atoms with Crippen molar-refractivity contribution in [3.8, 4) is 11.3 Å². The number of hydrogen-bond acceptors (Lipinski definition) is 7. The quantitative estimate of drug-likeness (QED) is 0.472. The minimum absolute atomic E-state index is 0.0799. The summed E-state index contributed by atoms with van der Waals surface area (Å²) in [5.74, 6) is 0.577. The first-order valence-electron chi connectivity index (χ1n) is 10.5. The smallest absolute Gasteiger partial charge is 0.344 e. The molecule has 0 amide bonds. The molecule has 0 spiro atoms. The largest absolute Gasteiger partial charge is 0.462 e. The number of ether oxygens (including phenoxy) is 1. The van der Waals surface area contributed by atoms with E-state index in [2.05, 4.69) is 40.9 Å². The van der Waals surface area contributed by atoms with Gasteiger partial charge in [0.2, 0.25) is 0 Å². The van der Waals surface area contributed by atoms with Gasteiger partial charge in [0.25, 0.3) is 0 Å². The normalized spacial score (nSPS) is 11.0. The molecule has 0 aliphatic rings. The maximum absolute atomic E-state index is 12.6. The molecule has 0 aliphatic carbocycles. The average Bonchev–Trinajstić information content (AvgIpc) is 2.75. The molecule has 0 atom stereocenters. The molecular formula is C25H25N5O2. The van der Waals surface area contributed by atoms with E-state index in [1.807, 2.05) is 37.3 Å². The summed E-state index contributed by atoms with van der Waals surface area (Å²) in [5.41, 5.74) is 11.7. The summed E-state index contributed by atoms with van der Waals surface area (Å²) in [7, 11) is 0. The lowest BCUT2D eigenvalue weighted by Gasteiger charge is -2.13. The van der Waals surface area contributed by atoms with Gasteiger partial charge in [-0.1, -0.05) is 30.3 Å². The van der Waals surface area contributed by atoms with Gasteiger partial charge in [-0.25, -0.2) is 24.7 Å². The van der Waals surface area contributed by atoms with Crippen LogP contribution in [-0.2, 0) is 11.2 Å². The number of benzene rings is 2. The van der Waals surface area contributed by atoms with Crippen molar-refractivity contribution in [2.45, 2.75) is 34.1 Å². The van der Waals surface area contributed by atoms with E-state index < -0.39 is 5.97 Å².